The zero-order valence-electron chi connectivity index (χ0n) is 10.3. The molecule has 1 aliphatic carbocycles. The minimum atomic E-state index is 0.718. The molecule has 3 heteroatoms. The van der Waals surface area contributed by atoms with E-state index >= 15 is 0 Å². The highest BCUT2D eigenvalue weighted by Gasteiger charge is 2.25. The van der Waals surface area contributed by atoms with Crippen LogP contribution in [-0.4, -0.2) is 22.1 Å². The fraction of sp³-hybridized carbons (Fsp3) is 0.692. The van der Waals surface area contributed by atoms with Crippen molar-refractivity contribution in [2.45, 2.75) is 50.6 Å². The molecule has 1 aliphatic rings. The van der Waals surface area contributed by atoms with Crippen LogP contribution >= 0.6 is 11.8 Å². The zero-order valence-corrected chi connectivity index (χ0v) is 11.1. The fourth-order valence-corrected chi connectivity index (χ4v) is 3.56. The van der Waals surface area contributed by atoms with Crippen LogP contribution in [-0.2, 0) is 13.1 Å². The molecule has 1 fully saturated rings. The lowest BCUT2D eigenvalue weighted by Crippen LogP contribution is -2.34. The fourth-order valence-electron chi connectivity index (χ4n) is 2.60. The highest BCUT2D eigenvalue weighted by Crippen LogP contribution is 2.28. The van der Waals surface area contributed by atoms with E-state index in [-0.39, 0.29) is 0 Å². The van der Waals surface area contributed by atoms with E-state index < -0.39 is 0 Å². The number of nitrogens with zero attached hydrogens (tertiary/aromatic N) is 1. The van der Waals surface area contributed by atoms with Gasteiger partial charge in [-0.15, -0.1) is 0 Å². The first kappa shape index (κ1) is 12.1. The Kier molecular flexibility index (Phi) is 4.36. The molecule has 0 radical (unpaired) electrons. The van der Waals surface area contributed by atoms with Crippen molar-refractivity contribution >= 4 is 11.8 Å². The van der Waals surface area contributed by atoms with E-state index in [0.29, 0.717) is 0 Å². The number of aryl methyl sites for hydroxylation is 1. The van der Waals surface area contributed by atoms with Gasteiger partial charge in [0.15, 0.2) is 0 Å². The highest BCUT2D eigenvalue weighted by atomic mass is 32.2. The summed E-state index contributed by atoms with van der Waals surface area (Å²) in [6.07, 6.45) is 8.51. The summed E-state index contributed by atoms with van der Waals surface area (Å²) < 4.78 is 2.32. The van der Waals surface area contributed by atoms with Crippen LogP contribution in [0.25, 0.3) is 0 Å². The lowest BCUT2D eigenvalue weighted by molar-refractivity contribution is 0.515. The summed E-state index contributed by atoms with van der Waals surface area (Å²) in [7, 11) is 0. The molecule has 2 nitrogen and oxygen atoms in total. The Hall–Kier alpha value is -0.410. The van der Waals surface area contributed by atoms with Crippen molar-refractivity contribution in [3.05, 3.63) is 24.0 Å². The normalized spacial score (nSPS) is 25.1. The van der Waals surface area contributed by atoms with Crippen molar-refractivity contribution in [3.63, 3.8) is 0 Å². The first-order valence-electron chi connectivity index (χ1n) is 6.25. The Morgan fingerprint density at radius 2 is 2.38 bits per heavy atom. The molecule has 0 amide bonds. The SMILES string of the molecule is CCn1cccc1CNC1CCCC1SC. The zero-order chi connectivity index (χ0) is 11.4. The summed E-state index contributed by atoms with van der Waals surface area (Å²) in [4.78, 5) is 0. The molecule has 1 N–H and O–H groups in total. The van der Waals surface area contributed by atoms with Gasteiger partial charge in [-0.3, -0.25) is 0 Å². The van der Waals surface area contributed by atoms with Crippen molar-refractivity contribution in [1.29, 1.82) is 0 Å². The third-order valence-corrected chi connectivity index (χ3v) is 4.73. The van der Waals surface area contributed by atoms with Crippen LogP contribution in [0.2, 0.25) is 0 Å². The Morgan fingerprint density at radius 1 is 1.50 bits per heavy atom. The summed E-state index contributed by atoms with van der Waals surface area (Å²) in [6.45, 7) is 4.28. The van der Waals surface area contributed by atoms with E-state index in [2.05, 4.69) is 41.4 Å². The van der Waals surface area contributed by atoms with Gasteiger partial charge < -0.3 is 9.88 Å². The number of aromatic nitrogens is 1. The first-order valence-corrected chi connectivity index (χ1v) is 7.54. The maximum absolute atomic E-state index is 3.72. The van der Waals surface area contributed by atoms with Crippen LogP contribution in [0.5, 0.6) is 0 Å². The third-order valence-electron chi connectivity index (χ3n) is 3.56. The first-order chi connectivity index (χ1) is 7.85. The van der Waals surface area contributed by atoms with Gasteiger partial charge in [-0.05, 0) is 38.2 Å². The van der Waals surface area contributed by atoms with Crippen LogP contribution in [0.15, 0.2) is 18.3 Å². The van der Waals surface area contributed by atoms with E-state index in [4.69, 9.17) is 0 Å². The molecule has 0 spiro atoms. The van der Waals surface area contributed by atoms with Crippen molar-refractivity contribution < 1.29 is 0 Å². The number of hydrogen-bond donors (Lipinski definition) is 1. The lowest BCUT2D eigenvalue weighted by atomic mass is 10.2. The molecule has 1 saturated carbocycles. The molecule has 90 valence electrons. The van der Waals surface area contributed by atoms with Crippen LogP contribution < -0.4 is 5.32 Å². The maximum Gasteiger partial charge on any atom is 0.0362 e. The second-order valence-electron chi connectivity index (χ2n) is 4.48. The van der Waals surface area contributed by atoms with Crippen molar-refractivity contribution in [2.24, 2.45) is 0 Å². The van der Waals surface area contributed by atoms with E-state index in [0.717, 1.165) is 24.4 Å². The van der Waals surface area contributed by atoms with Crippen LogP contribution in [0.1, 0.15) is 31.9 Å². The van der Waals surface area contributed by atoms with Gasteiger partial charge in [0.25, 0.3) is 0 Å². The molecule has 16 heavy (non-hydrogen) atoms. The van der Waals surface area contributed by atoms with Gasteiger partial charge in [-0.25, -0.2) is 0 Å². The molecule has 2 rings (SSSR count). The number of hydrogen-bond acceptors (Lipinski definition) is 2. The Morgan fingerprint density at radius 3 is 3.12 bits per heavy atom. The van der Waals surface area contributed by atoms with E-state index in [1.807, 2.05) is 11.8 Å². The molecule has 1 heterocycles. The van der Waals surface area contributed by atoms with Gasteiger partial charge in [-0.1, -0.05) is 6.42 Å². The van der Waals surface area contributed by atoms with Crippen molar-refractivity contribution in [2.75, 3.05) is 6.26 Å². The molecule has 2 atom stereocenters. The average molecular weight is 238 g/mol. The largest absolute Gasteiger partial charge is 0.351 e. The molecular formula is C13H22N2S. The molecule has 2 unspecified atom stereocenters. The van der Waals surface area contributed by atoms with Gasteiger partial charge >= 0.3 is 0 Å². The van der Waals surface area contributed by atoms with Gasteiger partial charge in [0.05, 0.1) is 0 Å². The number of thioether (sulfide) groups is 1. The van der Waals surface area contributed by atoms with E-state index in [1.165, 1.54) is 25.0 Å². The van der Waals surface area contributed by atoms with Gasteiger partial charge in [-0.2, -0.15) is 11.8 Å². The topological polar surface area (TPSA) is 17.0 Å². The number of rotatable bonds is 5. The Labute approximate surface area is 103 Å². The molecule has 0 saturated heterocycles. The summed E-state index contributed by atoms with van der Waals surface area (Å²) in [5, 5.41) is 4.54. The molecule has 0 bridgehead atoms. The van der Waals surface area contributed by atoms with Crippen molar-refractivity contribution in [1.82, 2.24) is 9.88 Å². The van der Waals surface area contributed by atoms with E-state index in [9.17, 15) is 0 Å². The second-order valence-corrected chi connectivity index (χ2v) is 5.55. The molecule has 0 aliphatic heterocycles. The maximum atomic E-state index is 3.72. The molecule has 0 aromatic carbocycles. The minimum absolute atomic E-state index is 0.718. The molecule has 1 aromatic rings. The molecular weight excluding hydrogens is 216 g/mol. The summed E-state index contributed by atoms with van der Waals surface area (Å²) in [6, 6.07) is 5.08. The van der Waals surface area contributed by atoms with Gasteiger partial charge in [0.1, 0.15) is 0 Å². The monoisotopic (exact) mass is 238 g/mol. The third kappa shape index (κ3) is 2.64. The molecule has 1 aromatic heterocycles. The Balaban J connectivity index is 1.87. The standard InChI is InChI=1S/C13H22N2S/c1-3-15-9-5-6-11(15)10-14-12-7-4-8-13(12)16-2/h5-6,9,12-14H,3-4,7-8,10H2,1-2H3. The quantitative estimate of drug-likeness (QED) is 0.849. The summed E-state index contributed by atoms with van der Waals surface area (Å²) >= 11 is 2.02. The predicted octanol–water partition coefficient (Wildman–Crippen LogP) is 2.88. The van der Waals surface area contributed by atoms with Crippen LogP contribution in [0.3, 0.4) is 0 Å². The van der Waals surface area contributed by atoms with Gasteiger partial charge in [0, 0.05) is 36.3 Å². The second kappa shape index (κ2) is 5.78. The van der Waals surface area contributed by atoms with Crippen LogP contribution in [0, 0.1) is 0 Å². The van der Waals surface area contributed by atoms with Crippen molar-refractivity contribution in [3.8, 4) is 0 Å². The highest BCUT2D eigenvalue weighted by molar-refractivity contribution is 7.99. The Bertz CT molecular complexity index is 321. The van der Waals surface area contributed by atoms with Crippen LogP contribution in [0.4, 0.5) is 0 Å². The lowest BCUT2D eigenvalue weighted by Gasteiger charge is -2.19. The summed E-state index contributed by atoms with van der Waals surface area (Å²) in [5.41, 5.74) is 1.41. The number of nitrogens with one attached hydrogen (secondary N) is 1. The smallest absolute Gasteiger partial charge is 0.0362 e. The predicted molar refractivity (Wildman–Crippen MR) is 71.9 cm³/mol. The van der Waals surface area contributed by atoms with E-state index in [1.54, 1.807) is 0 Å². The summed E-state index contributed by atoms with van der Waals surface area (Å²) in [5.74, 6) is 0. The minimum Gasteiger partial charge on any atom is -0.351 e. The average Bonchev–Trinajstić information content (AvgIpc) is 2.94. The van der Waals surface area contributed by atoms with Gasteiger partial charge in [0.2, 0.25) is 0 Å².